The molecule has 0 unspecified atom stereocenters. The van der Waals surface area contributed by atoms with E-state index in [4.69, 9.17) is 11.6 Å². The van der Waals surface area contributed by atoms with E-state index < -0.39 is 23.6 Å². The van der Waals surface area contributed by atoms with Gasteiger partial charge in [0.1, 0.15) is 17.7 Å². The van der Waals surface area contributed by atoms with E-state index in [0.717, 1.165) is 6.07 Å². The van der Waals surface area contributed by atoms with E-state index in [-0.39, 0.29) is 16.5 Å². The van der Waals surface area contributed by atoms with Gasteiger partial charge in [-0.2, -0.15) is 0 Å². The van der Waals surface area contributed by atoms with Crippen LogP contribution in [-0.4, -0.2) is 24.4 Å². The van der Waals surface area contributed by atoms with Gasteiger partial charge in [-0.3, -0.25) is 9.59 Å². The second-order valence-corrected chi connectivity index (χ2v) is 5.78. The summed E-state index contributed by atoms with van der Waals surface area (Å²) in [5.74, 6) is -2.22. The van der Waals surface area contributed by atoms with Crippen molar-refractivity contribution in [3.8, 4) is 0 Å². The summed E-state index contributed by atoms with van der Waals surface area (Å²) in [5, 5.41) is 2.49. The number of nitrogens with zero attached hydrogens (tertiary/aromatic N) is 1. The van der Waals surface area contributed by atoms with Crippen LogP contribution in [0.25, 0.3) is 0 Å². The van der Waals surface area contributed by atoms with Gasteiger partial charge in [-0.1, -0.05) is 17.7 Å². The molecule has 1 N–H and O–H groups in total. The molecule has 0 spiro atoms. The van der Waals surface area contributed by atoms with Crippen LogP contribution in [0, 0.1) is 11.6 Å². The zero-order valence-electron chi connectivity index (χ0n) is 12.4. The SMILES string of the molecule is O=C(N[C@@H]1CCN(c2ccc(F)cc2)C1=O)c1c(F)cccc1Cl. The lowest BCUT2D eigenvalue weighted by atomic mass is 10.1. The van der Waals surface area contributed by atoms with E-state index in [1.165, 1.54) is 41.3 Å². The number of hydrogen-bond donors (Lipinski definition) is 1. The zero-order chi connectivity index (χ0) is 17.3. The molecule has 1 aliphatic rings. The van der Waals surface area contributed by atoms with Crippen LogP contribution in [0.5, 0.6) is 0 Å². The Morgan fingerprint density at radius 1 is 1.17 bits per heavy atom. The number of halogens is 3. The Kier molecular flexibility index (Phi) is 4.49. The van der Waals surface area contributed by atoms with Crippen LogP contribution < -0.4 is 10.2 Å². The van der Waals surface area contributed by atoms with Crippen LogP contribution in [0.4, 0.5) is 14.5 Å². The van der Waals surface area contributed by atoms with Crippen molar-refractivity contribution in [3.05, 3.63) is 64.7 Å². The maximum atomic E-state index is 13.8. The molecule has 1 aliphatic heterocycles. The van der Waals surface area contributed by atoms with E-state index in [0.29, 0.717) is 18.7 Å². The van der Waals surface area contributed by atoms with Crippen molar-refractivity contribution in [2.45, 2.75) is 12.5 Å². The summed E-state index contributed by atoms with van der Waals surface area (Å²) >= 11 is 5.85. The number of carbonyl (C=O) groups excluding carboxylic acids is 2. The molecular weight excluding hydrogens is 338 g/mol. The first-order valence-corrected chi connectivity index (χ1v) is 7.67. The van der Waals surface area contributed by atoms with Gasteiger partial charge in [-0.05, 0) is 42.8 Å². The Morgan fingerprint density at radius 3 is 2.54 bits per heavy atom. The summed E-state index contributed by atoms with van der Waals surface area (Å²) in [6.07, 6.45) is 0.369. The number of nitrogens with one attached hydrogen (secondary N) is 1. The number of anilines is 1. The Morgan fingerprint density at radius 2 is 1.88 bits per heavy atom. The quantitative estimate of drug-likeness (QED) is 0.924. The third kappa shape index (κ3) is 3.10. The van der Waals surface area contributed by atoms with E-state index in [1.807, 2.05) is 0 Å². The molecule has 2 aromatic rings. The maximum absolute atomic E-state index is 13.8. The topological polar surface area (TPSA) is 49.4 Å². The summed E-state index contributed by atoms with van der Waals surface area (Å²) in [6, 6.07) is 8.64. The average Bonchev–Trinajstić information content (AvgIpc) is 2.89. The lowest BCUT2D eigenvalue weighted by Crippen LogP contribution is -2.41. The monoisotopic (exact) mass is 350 g/mol. The molecule has 1 saturated heterocycles. The second kappa shape index (κ2) is 6.57. The number of carbonyl (C=O) groups is 2. The summed E-state index contributed by atoms with van der Waals surface area (Å²) in [5.41, 5.74) is 0.259. The summed E-state index contributed by atoms with van der Waals surface area (Å²) in [7, 11) is 0. The van der Waals surface area contributed by atoms with Gasteiger partial charge >= 0.3 is 0 Å². The molecule has 4 nitrogen and oxygen atoms in total. The normalized spacial score (nSPS) is 17.2. The predicted molar refractivity (Wildman–Crippen MR) is 86.0 cm³/mol. The largest absolute Gasteiger partial charge is 0.340 e. The van der Waals surface area contributed by atoms with Gasteiger partial charge in [0.25, 0.3) is 5.91 Å². The van der Waals surface area contributed by atoms with Crippen LogP contribution >= 0.6 is 11.6 Å². The van der Waals surface area contributed by atoms with Gasteiger partial charge in [0.05, 0.1) is 10.6 Å². The molecule has 2 aromatic carbocycles. The molecule has 2 amide bonds. The van der Waals surface area contributed by atoms with Crippen LogP contribution in [0.15, 0.2) is 42.5 Å². The fourth-order valence-electron chi connectivity index (χ4n) is 2.64. The molecule has 124 valence electrons. The van der Waals surface area contributed by atoms with Crippen LogP contribution in [0.1, 0.15) is 16.8 Å². The van der Waals surface area contributed by atoms with Crippen molar-refractivity contribution in [2.24, 2.45) is 0 Å². The Labute approximate surface area is 142 Å². The van der Waals surface area contributed by atoms with Gasteiger partial charge < -0.3 is 10.2 Å². The van der Waals surface area contributed by atoms with Crippen LogP contribution in [0.2, 0.25) is 5.02 Å². The molecule has 0 radical (unpaired) electrons. The Hall–Kier alpha value is -2.47. The number of rotatable bonds is 3. The average molecular weight is 351 g/mol. The molecule has 0 aromatic heterocycles. The summed E-state index contributed by atoms with van der Waals surface area (Å²) in [4.78, 5) is 26.1. The molecule has 0 bridgehead atoms. The number of benzene rings is 2. The minimum Gasteiger partial charge on any atom is -0.340 e. The lowest BCUT2D eigenvalue weighted by molar-refractivity contribution is -0.118. The van der Waals surface area contributed by atoms with E-state index >= 15 is 0 Å². The van der Waals surface area contributed by atoms with Crippen LogP contribution in [0.3, 0.4) is 0 Å². The molecule has 0 saturated carbocycles. The van der Waals surface area contributed by atoms with Gasteiger partial charge in [0.2, 0.25) is 5.91 Å². The molecule has 1 atom stereocenters. The molecule has 24 heavy (non-hydrogen) atoms. The van der Waals surface area contributed by atoms with Gasteiger partial charge in [-0.25, -0.2) is 8.78 Å². The first-order valence-electron chi connectivity index (χ1n) is 7.29. The molecular formula is C17H13ClF2N2O2. The van der Waals surface area contributed by atoms with Gasteiger partial charge in [0.15, 0.2) is 0 Å². The van der Waals surface area contributed by atoms with Gasteiger partial charge in [-0.15, -0.1) is 0 Å². The molecule has 1 fully saturated rings. The van der Waals surface area contributed by atoms with Gasteiger partial charge in [0, 0.05) is 12.2 Å². The highest BCUT2D eigenvalue weighted by atomic mass is 35.5. The minimum atomic E-state index is -0.779. The first kappa shape index (κ1) is 16.4. The van der Waals surface area contributed by atoms with Crippen molar-refractivity contribution in [1.29, 1.82) is 0 Å². The smallest absolute Gasteiger partial charge is 0.256 e. The van der Waals surface area contributed by atoms with Crippen LogP contribution in [-0.2, 0) is 4.79 Å². The molecule has 1 heterocycles. The predicted octanol–water partition coefficient (Wildman–Crippen LogP) is 3.15. The van der Waals surface area contributed by atoms with Crippen molar-refractivity contribution in [2.75, 3.05) is 11.4 Å². The third-order valence-electron chi connectivity index (χ3n) is 3.84. The number of amides is 2. The van der Waals surface area contributed by atoms with Crippen molar-refractivity contribution < 1.29 is 18.4 Å². The lowest BCUT2D eigenvalue weighted by Gasteiger charge is -2.17. The summed E-state index contributed by atoms with van der Waals surface area (Å²) in [6.45, 7) is 0.375. The fourth-order valence-corrected chi connectivity index (χ4v) is 2.89. The van der Waals surface area contributed by atoms with E-state index in [2.05, 4.69) is 5.32 Å². The highest BCUT2D eigenvalue weighted by molar-refractivity contribution is 6.33. The Balaban J connectivity index is 1.74. The molecule has 7 heteroatoms. The molecule has 0 aliphatic carbocycles. The fraction of sp³-hybridized carbons (Fsp3) is 0.176. The van der Waals surface area contributed by atoms with E-state index in [9.17, 15) is 18.4 Å². The minimum absolute atomic E-state index is 0.0201. The Bertz CT molecular complexity index is 775. The van der Waals surface area contributed by atoms with Crippen molar-refractivity contribution >= 4 is 29.1 Å². The summed E-state index contributed by atoms with van der Waals surface area (Å²) < 4.78 is 26.7. The van der Waals surface area contributed by atoms with Crippen molar-refractivity contribution in [1.82, 2.24) is 5.32 Å². The number of hydrogen-bond acceptors (Lipinski definition) is 2. The van der Waals surface area contributed by atoms with E-state index in [1.54, 1.807) is 0 Å². The second-order valence-electron chi connectivity index (χ2n) is 5.38. The van der Waals surface area contributed by atoms with Crippen molar-refractivity contribution in [3.63, 3.8) is 0 Å². The maximum Gasteiger partial charge on any atom is 0.256 e. The highest BCUT2D eigenvalue weighted by Gasteiger charge is 2.34. The zero-order valence-corrected chi connectivity index (χ0v) is 13.2. The molecule has 3 rings (SSSR count). The third-order valence-corrected chi connectivity index (χ3v) is 4.15. The first-order chi connectivity index (χ1) is 11.5. The highest BCUT2D eigenvalue weighted by Crippen LogP contribution is 2.23. The standard InChI is InChI=1S/C17H13ClF2N2O2/c18-12-2-1-3-13(20)15(12)16(23)21-14-8-9-22(17(14)24)11-6-4-10(19)5-7-11/h1-7,14H,8-9H2,(H,21,23)/t14-/m1/s1.